The average molecular weight is 305 g/mol. The summed E-state index contributed by atoms with van der Waals surface area (Å²) in [4.78, 5) is 5.17. The minimum atomic E-state index is 0.766. The molecule has 0 radical (unpaired) electrons. The first kappa shape index (κ1) is 15.5. The van der Waals surface area contributed by atoms with Crippen LogP contribution in [0.1, 0.15) is 33.6 Å². The van der Waals surface area contributed by atoms with Gasteiger partial charge in [0.2, 0.25) is 0 Å². The van der Waals surface area contributed by atoms with Gasteiger partial charge in [-0.05, 0) is 44.8 Å². The predicted octanol–water partition coefficient (Wildman–Crippen LogP) is 3.07. The molecule has 2 atom stereocenters. The Morgan fingerprint density at radius 3 is 2.65 bits per heavy atom. The van der Waals surface area contributed by atoms with Crippen molar-refractivity contribution >= 4 is 15.9 Å². The van der Waals surface area contributed by atoms with Gasteiger partial charge in [0.25, 0.3) is 0 Å². The highest BCUT2D eigenvalue weighted by atomic mass is 79.9. The minimum absolute atomic E-state index is 0.766. The van der Waals surface area contributed by atoms with Crippen molar-refractivity contribution < 1.29 is 0 Å². The summed E-state index contributed by atoms with van der Waals surface area (Å²) in [6.45, 7) is 11.9. The number of likely N-dealkylation sites (tertiary alicyclic amines) is 1. The van der Waals surface area contributed by atoms with Crippen LogP contribution >= 0.6 is 15.9 Å². The molecule has 0 saturated carbocycles. The van der Waals surface area contributed by atoms with Crippen LogP contribution in [0.4, 0.5) is 0 Å². The van der Waals surface area contributed by atoms with Crippen molar-refractivity contribution in [3.63, 3.8) is 0 Å². The molecule has 2 unspecified atom stereocenters. The summed E-state index contributed by atoms with van der Waals surface area (Å²) >= 11 is 3.65. The molecule has 1 saturated heterocycles. The second kappa shape index (κ2) is 7.75. The Labute approximate surface area is 116 Å². The van der Waals surface area contributed by atoms with Crippen molar-refractivity contribution in [1.82, 2.24) is 9.80 Å². The number of nitrogens with zero attached hydrogens (tertiary/aromatic N) is 2. The van der Waals surface area contributed by atoms with E-state index in [1.165, 1.54) is 39.0 Å². The van der Waals surface area contributed by atoms with Crippen molar-refractivity contribution in [2.45, 2.75) is 39.7 Å². The first-order valence-electron chi connectivity index (χ1n) is 7.07. The molecule has 0 N–H and O–H groups in total. The van der Waals surface area contributed by atoms with Gasteiger partial charge in [-0.3, -0.25) is 4.90 Å². The summed E-state index contributed by atoms with van der Waals surface area (Å²) in [6, 6.07) is 0.799. The summed E-state index contributed by atoms with van der Waals surface area (Å²) in [6.07, 6.45) is 2.78. The monoisotopic (exact) mass is 304 g/mol. The van der Waals surface area contributed by atoms with E-state index in [0.717, 1.165) is 23.2 Å². The Bertz CT molecular complexity index is 208. The fourth-order valence-corrected chi connectivity index (χ4v) is 3.74. The Morgan fingerprint density at radius 1 is 1.41 bits per heavy atom. The highest BCUT2D eigenvalue weighted by Crippen LogP contribution is 2.19. The van der Waals surface area contributed by atoms with E-state index in [1.807, 2.05) is 0 Å². The molecule has 0 amide bonds. The molecule has 0 aromatic heterocycles. The third-order valence-electron chi connectivity index (χ3n) is 4.11. The quantitative estimate of drug-likeness (QED) is 0.667. The van der Waals surface area contributed by atoms with E-state index in [4.69, 9.17) is 0 Å². The number of hydrogen-bond acceptors (Lipinski definition) is 2. The van der Waals surface area contributed by atoms with Crippen LogP contribution in [0.25, 0.3) is 0 Å². The number of alkyl halides is 1. The zero-order valence-electron chi connectivity index (χ0n) is 12.0. The van der Waals surface area contributed by atoms with Crippen LogP contribution in [0, 0.1) is 11.8 Å². The SMILES string of the molecule is CCN1CCCC1CN(C)CC(CBr)C(C)C. The molecule has 0 spiro atoms. The molecular formula is C14H29BrN2. The van der Waals surface area contributed by atoms with E-state index in [1.54, 1.807) is 0 Å². The Balaban J connectivity index is 2.35. The van der Waals surface area contributed by atoms with Crippen molar-refractivity contribution in [2.24, 2.45) is 11.8 Å². The molecule has 1 fully saturated rings. The lowest BCUT2D eigenvalue weighted by Gasteiger charge is -2.30. The first-order chi connectivity index (χ1) is 8.08. The lowest BCUT2D eigenvalue weighted by atomic mass is 9.97. The second-order valence-corrected chi connectivity index (χ2v) is 6.45. The topological polar surface area (TPSA) is 6.48 Å². The number of hydrogen-bond donors (Lipinski definition) is 0. The molecule has 102 valence electrons. The highest BCUT2D eigenvalue weighted by Gasteiger charge is 2.25. The lowest BCUT2D eigenvalue weighted by molar-refractivity contribution is 0.176. The fraction of sp³-hybridized carbons (Fsp3) is 1.00. The molecule has 3 heteroatoms. The van der Waals surface area contributed by atoms with E-state index in [-0.39, 0.29) is 0 Å². The molecule has 1 aliphatic heterocycles. The van der Waals surface area contributed by atoms with Gasteiger partial charge < -0.3 is 4.90 Å². The number of likely N-dealkylation sites (N-methyl/N-ethyl adjacent to an activating group) is 2. The normalized spacial score (nSPS) is 23.8. The molecule has 0 aromatic rings. The standard InChI is InChI=1S/C14H29BrN2/c1-5-17-8-6-7-14(17)11-16(4)10-13(9-15)12(2)3/h12-14H,5-11H2,1-4H3. The van der Waals surface area contributed by atoms with Gasteiger partial charge in [-0.1, -0.05) is 36.7 Å². The van der Waals surface area contributed by atoms with Gasteiger partial charge >= 0.3 is 0 Å². The summed E-state index contributed by atoms with van der Waals surface area (Å²) < 4.78 is 0. The molecule has 1 aliphatic rings. The highest BCUT2D eigenvalue weighted by molar-refractivity contribution is 9.09. The maximum atomic E-state index is 3.65. The molecule has 1 rings (SSSR count). The van der Waals surface area contributed by atoms with Crippen LogP contribution in [0.15, 0.2) is 0 Å². The predicted molar refractivity (Wildman–Crippen MR) is 79.9 cm³/mol. The van der Waals surface area contributed by atoms with Crippen molar-refractivity contribution in [2.75, 3.05) is 38.6 Å². The maximum absolute atomic E-state index is 3.65. The summed E-state index contributed by atoms with van der Waals surface area (Å²) in [5.41, 5.74) is 0. The molecule has 1 heterocycles. The number of rotatable bonds is 7. The van der Waals surface area contributed by atoms with Crippen molar-refractivity contribution in [3.8, 4) is 0 Å². The first-order valence-corrected chi connectivity index (χ1v) is 8.19. The van der Waals surface area contributed by atoms with Gasteiger partial charge in [0.15, 0.2) is 0 Å². The van der Waals surface area contributed by atoms with Crippen LogP contribution in [0.5, 0.6) is 0 Å². The lowest BCUT2D eigenvalue weighted by Crippen LogP contribution is -2.41. The van der Waals surface area contributed by atoms with Crippen molar-refractivity contribution in [3.05, 3.63) is 0 Å². The second-order valence-electron chi connectivity index (χ2n) is 5.80. The molecule has 0 aromatic carbocycles. The Hall–Kier alpha value is 0.400. The van der Waals surface area contributed by atoms with Gasteiger partial charge in [0, 0.05) is 24.5 Å². The van der Waals surface area contributed by atoms with Gasteiger partial charge in [0.05, 0.1) is 0 Å². The molecule has 17 heavy (non-hydrogen) atoms. The average Bonchev–Trinajstić information content (AvgIpc) is 2.72. The van der Waals surface area contributed by atoms with E-state index in [0.29, 0.717) is 0 Å². The fourth-order valence-electron chi connectivity index (χ4n) is 2.79. The summed E-state index contributed by atoms with van der Waals surface area (Å²) in [5, 5.41) is 1.12. The zero-order chi connectivity index (χ0) is 12.8. The Morgan fingerprint density at radius 2 is 2.12 bits per heavy atom. The zero-order valence-corrected chi connectivity index (χ0v) is 13.5. The van der Waals surface area contributed by atoms with Gasteiger partial charge in [-0.25, -0.2) is 0 Å². The van der Waals surface area contributed by atoms with E-state index in [2.05, 4.69) is 53.5 Å². The third kappa shape index (κ3) is 4.88. The Kier molecular flexibility index (Phi) is 7.05. The van der Waals surface area contributed by atoms with Gasteiger partial charge in [-0.2, -0.15) is 0 Å². The molecule has 2 nitrogen and oxygen atoms in total. The van der Waals surface area contributed by atoms with Crippen LogP contribution in [0.3, 0.4) is 0 Å². The van der Waals surface area contributed by atoms with E-state index < -0.39 is 0 Å². The molecule has 0 aliphatic carbocycles. The van der Waals surface area contributed by atoms with Crippen LogP contribution in [-0.4, -0.2) is 54.4 Å². The minimum Gasteiger partial charge on any atom is -0.304 e. The van der Waals surface area contributed by atoms with Gasteiger partial charge in [0.1, 0.15) is 0 Å². The number of halogens is 1. The summed E-state index contributed by atoms with van der Waals surface area (Å²) in [7, 11) is 2.28. The van der Waals surface area contributed by atoms with Gasteiger partial charge in [-0.15, -0.1) is 0 Å². The van der Waals surface area contributed by atoms with Crippen LogP contribution < -0.4 is 0 Å². The van der Waals surface area contributed by atoms with E-state index in [9.17, 15) is 0 Å². The smallest absolute Gasteiger partial charge is 0.0223 e. The largest absolute Gasteiger partial charge is 0.304 e. The molecular weight excluding hydrogens is 276 g/mol. The molecule has 0 bridgehead atoms. The van der Waals surface area contributed by atoms with Crippen LogP contribution in [0.2, 0.25) is 0 Å². The van der Waals surface area contributed by atoms with Crippen LogP contribution in [-0.2, 0) is 0 Å². The van der Waals surface area contributed by atoms with Crippen molar-refractivity contribution in [1.29, 1.82) is 0 Å². The van der Waals surface area contributed by atoms with E-state index >= 15 is 0 Å². The summed E-state index contributed by atoms with van der Waals surface area (Å²) in [5.74, 6) is 1.54. The maximum Gasteiger partial charge on any atom is 0.0223 e. The third-order valence-corrected chi connectivity index (χ3v) is 4.95.